The minimum atomic E-state index is -0.0435. The van der Waals surface area contributed by atoms with Crippen molar-refractivity contribution < 1.29 is 14.1 Å². The molecule has 0 saturated carbocycles. The average Bonchev–Trinajstić information content (AvgIpc) is 3.03. The Kier molecular flexibility index (Phi) is 5.26. The van der Waals surface area contributed by atoms with Gasteiger partial charge < -0.3 is 19.5 Å². The molecule has 6 nitrogen and oxygen atoms in total. The fourth-order valence-corrected chi connectivity index (χ4v) is 3.10. The molecule has 0 unspecified atom stereocenters. The van der Waals surface area contributed by atoms with E-state index in [9.17, 15) is 4.79 Å². The van der Waals surface area contributed by atoms with E-state index < -0.39 is 0 Å². The lowest BCUT2D eigenvalue weighted by Crippen LogP contribution is -2.21. The third kappa shape index (κ3) is 3.78. The van der Waals surface area contributed by atoms with Crippen LogP contribution in [0.2, 0.25) is 0 Å². The highest BCUT2D eigenvalue weighted by molar-refractivity contribution is 5.95. The first-order chi connectivity index (χ1) is 12.1. The summed E-state index contributed by atoms with van der Waals surface area (Å²) in [5.41, 5.74) is 3.67. The molecule has 134 valence electrons. The van der Waals surface area contributed by atoms with Crippen LogP contribution in [0.4, 0.5) is 5.69 Å². The zero-order valence-corrected chi connectivity index (χ0v) is 15.1. The van der Waals surface area contributed by atoms with Gasteiger partial charge in [0.2, 0.25) is 0 Å². The highest BCUT2D eigenvalue weighted by Crippen LogP contribution is 2.29. The van der Waals surface area contributed by atoms with Gasteiger partial charge in [-0.05, 0) is 44.4 Å². The maximum absolute atomic E-state index is 12.1. The molecule has 1 heterocycles. The number of aromatic nitrogens is 1. The molecule has 1 aromatic carbocycles. The van der Waals surface area contributed by atoms with Gasteiger partial charge in [-0.1, -0.05) is 5.16 Å². The Morgan fingerprint density at radius 1 is 1.32 bits per heavy atom. The van der Waals surface area contributed by atoms with Crippen molar-refractivity contribution in [1.82, 2.24) is 10.1 Å². The van der Waals surface area contributed by atoms with Crippen molar-refractivity contribution in [2.75, 3.05) is 26.0 Å². The number of rotatable bonds is 6. The van der Waals surface area contributed by atoms with Crippen LogP contribution < -0.4 is 10.1 Å². The number of nitrogens with one attached hydrogen (secondary N) is 1. The molecule has 1 aliphatic rings. The normalized spacial score (nSPS) is 13.2. The number of anilines is 1. The molecule has 1 aromatic heterocycles. The lowest BCUT2D eigenvalue weighted by atomic mass is 9.96. The summed E-state index contributed by atoms with van der Waals surface area (Å²) < 4.78 is 11.2. The number of ether oxygens (including phenoxy) is 1. The van der Waals surface area contributed by atoms with E-state index in [1.54, 1.807) is 25.1 Å². The van der Waals surface area contributed by atoms with Crippen LogP contribution in [-0.2, 0) is 19.4 Å². The van der Waals surface area contributed by atoms with E-state index in [1.807, 2.05) is 19.1 Å². The maximum atomic E-state index is 12.1. The minimum absolute atomic E-state index is 0.0435. The quantitative estimate of drug-likeness (QED) is 0.872. The Balaban J connectivity index is 1.77. The van der Waals surface area contributed by atoms with Crippen molar-refractivity contribution in [2.24, 2.45) is 0 Å². The number of benzene rings is 1. The molecular weight excluding hydrogens is 318 g/mol. The van der Waals surface area contributed by atoms with Crippen LogP contribution in [0.3, 0.4) is 0 Å². The predicted octanol–water partition coefficient (Wildman–Crippen LogP) is 3.27. The van der Waals surface area contributed by atoms with Crippen LogP contribution in [0.1, 0.15) is 47.1 Å². The molecule has 3 rings (SSSR count). The van der Waals surface area contributed by atoms with Gasteiger partial charge in [0.1, 0.15) is 17.2 Å². The lowest BCUT2D eigenvalue weighted by molar-refractivity contribution is 0.0827. The SMILES string of the molecule is CCOc1cc(C(=O)N(C)C)ccc1NCc1noc2c1CCCC2. The van der Waals surface area contributed by atoms with Crippen molar-refractivity contribution >= 4 is 11.6 Å². The van der Waals surface area contributed by atoms with Gasteiger partial charge in [0, 0.05) is 31.6 Å². The smallest absolute Gasteiger partial charge is 0.253 e. The molecule has 2 aromatic rings. The van der Waals surface area contributed by atoms with E-state index in [2.05, 4.69) is 10.5 Å². The zero-order valence-electron chi connectivity index (χ0n) is 15.1. The second kappa shape index (κ2) is 7.59. The first-order valence-electron chi connectivity index (χ1n) is 8.78. The van der Waals surface area contributed by atoms with Crippen LogP contribution in [0.5, 0.6) is 5.75 Å². The number of hydrogen-bond donors (Lipinski definition) is 1. The Bertz CT molecular complexity index is 752. The van der Waals surface area contributed by atoms with Crippen molar-refractivity contribution in [2.45, 2.75) is 39.2 Å². The molecular formula is C19H25N3O3. The number of fused-ring (bicyclic) bond motifs is 1. The third-order valence-corrected chi connectivity index (χ3v) is 4.41. The fraction of sp³-hybridized carbons (Fsp3) is 0.474. The average molecular weight is 343 g/mol. The van der Waals surface area contributed by atoms with Gasteiger partial charge in [-0.2, -0.15) is 0 Å². The van der Waals surface area contributed by atoms with Gasteiger partial charge >= 0.3 is 0 Å². The number of nitrogens with zero attached hydrogens (tertiary/aromatic N) is 2. The van der Waals surface area contributed by atoms with E-state index in [-0.39, 0.29) is 5.91 Å². The lowest BCUT2D eigenvalue weighted by Gasteiger charge is -2.16. The van der Waals surface area contributed by atoms with Crippen LogP contribution in [-0.4, -0.2) is 36.7 Å². The van der Waals surface area contributed by atoms with Gasteiger partial charge in [-0.15, -0.1) is 0 Å². The van der Waals surface area contributed by atoms with Gasteiger partial charge in [0.15, 0.2) is 0 Å². The second-order valence-electron chi connectivity index (χ2n) is 6.44. The topological polar surface area (TPSA) is 67.6 Å². The second-order valence-corrected chi connectivity index (χ2v) is 6.44. The van der Waals surface area contributed by atoms with Crippen molar-refractivity contribution in [3.63, 3.8) is 0 Å². The van der Waals surface area contributed by atoms with Gasteiger partial charge in [0.05, 0.1) is 18.8 Å². The van der Waals surface area contributed by atoms with E-state index in [1.165, 1.54) is 18.4 Å². The summed E-state index contributed by atoms with van der Waals surface area (Å²) in [6, 6.07) is 5.48. The highest BCUT2D eigenvalue weighted by Gasteiger charge is 2.19. The van der Waals surface area contributed by atoms with E-state index in [0.717, 1.165) is 30.0 Å². The Morgan fingerprint density at radius 2 is 2.12 bits per heavy atom. The highest BCUT2D eigenvalue weighted by atomic mass is 16.5. The van der Waals surface area contributed by atoms with E-state index in [4.69, 9.17) is 9.26 Å². The molecule has 0 bridgehead atoms. The molecule has 1 N–H and O–H groups in total. The number of carbonyl (C=O) groups is 1. The molecule has 0 atom stereocenters. The number of hydrogen-bond acceptors (Lipinski definition) is 5. The third-order valence-electron chi connectivity index (χ3n) is 4.41. The summed E-state index contributed by atoms with van der Waals surface area (Å²) in [4.78, 5) is 13.7. The minimum Gasteiger partial charge on any atom is -0.492 e. The van der Waals surface area contributed by atoms with Crippen molar-refractivity contribution in [3.05, 3.63) is 40.8 Å². The summed E-state index contributed by atoms with van der Waals surface area (Å²) in [5.74, 6) is 1.66. The van der Waals surface area contributed by atoms with E-state index in [0.29, 0.717) is 24.5 Å². The molecule has 0 fully saturated rings. The van der Waals surface area contributed by atoms with Gasteiger partial charge in [-0.3, -0.25) is 4.79 Å². The first-order valence-corrected chi connectivity index (χ1v) is 8.78. The summed E-state index contributed by atoms with van der Waals surface area (Å²) in [6.45, 7) is 3.05. The molecule has 1 aliphatic carbocycles. The number of amides is 1. The molecule has 1 amide bonds. The maximum Gasteiger partial charge on any atom is 0.253 e. The Morgan fingerprint density at radius 3 is 2.88 bits per heavy atom. The summed E-state index contributed by atoms with van der Waals surface area (Å²) in [7, 11) is 3.48. The summed E-state index contributed by atoms with van der Waals surface area (Å²) in [5, 5.41) is 7.59. The van der Waals surface area contributed by atoms with Crippen LogP contribution in [0.15, 0.2) is 22.7 Å². The van der Waals surface area contributed by atoms with Gasteiger partial charge in [-0.25, -0.2) is 0 Å². The first kappa shape index (κ1) is 17.3. The van der Waals surface area contributed by atoms with Gasteiger partial charge in [0.25, 0.3) is 5.91 Å². The summed E-state index contributed by atoms with van der Waals surface area (Å²) in [6.07, 6.45) is 4.37. The Labute approximate surface area is 148 Å². The largest absolute Gasteiger partial charge is 0.492 e. The molecule has 25 heavy (non-hydrogen) atoms. The summed E-state index contributed by atoms with van der Waals surface area (Å²) >= 11 is 0. The van der Waals surface area contributed by atoms with Crippen LogP contribution in [0.25, 0.3) is 0 Å². The molecule has 0 saturated heterocycles. The number of aryl methyl sites for hydroxylation is 1. The monoisotopic (exact) mass is 343 g/mol. The molecule has 6 heteroatoms. The van der Waals surface area contributed by atoms with Crippen LogP contribution >= 0.6 is 0 Å². The molecule has 0 radical (unpaired) electrons. The molecule has 0 spiro atoms. The van der Waals surface area contributed by atoms with Crippen molar-refractivity contribution in [1.29, 1.82) is 0 Å². The Hall–Kier alpha value is -2.50. The molecule has 0 aliphatic heterocycles. The van der Waals surface area contributed by atoms with Crippen LogP contribution in [0, 0.1) is 0 Å². The fourth-order valence-electron chi connectivity index (χ4n) is 3.10. The predicted molar refractivity (Wildman–Crippen MR) is 96.1 cm³/mol. The van der Waals surface area contributed by atoms with E-state index >= 15 is 0 Å². The van der Waals surface area contributed by atoms with Crippen molar-refractivity contribution in [3.8, 4) is 5.75 Å². The zero-order chi connectivity index (χ0) is 17.8. The standard InChI is InChI=1S/C19H25N3O3/c1-4-24-18-11-13(19(23)22(2)3)9-10-15(18)20-12-16-14-7-5-6-8-17(14)25-21-16/h9-11,20H,4-8,12H2,1-3H3. The number of carbonyl (C=O) groups excluding carboxylic acids is 1.